The summed E-state index contributed by atoms with van der Waals surface area (Å²) in [5.74, 6) is 0. The second kappa shape index (κ2) is 3.66. The normalized spacial score (nSPS) is 10.3. The average Bonchev–Trinajstić information content (AvgIpc) is 2.03. The summed E-state index contributed by atoms with van der Waals surface area (Å²) >= 11 is 0. The highest BCUT2D eigenvalue weighted by Gasteiger charge is 1.90. The van der Waals surface area contributed by atoms with E-state index in [1.165, 1.54) is 11.8 Å². The van der Waals surface area contributed by atoms with E-state index < -0.39 is 0 Å². The Balaban J connectivity index is 2.77. The van der Waals surface area contributed by atoms with E-state index in [1.54, 1.807) is 6.20 Å². The lowest BCUT2D eigenvalue weighted by molar-refractivity contribution is 1.42. The molecule has 0 aliphatic heterocycles. The summed E-state index contributed by atoms with van der Waals surface area (Å²) in [7, 11) is 0. The van der Waals surface area contributed by atoms with Gasteiger partial charge >= 0.3 is 0 Å². The largest absolute Gasteiger partial charge is 0.403 e. The fourth-order valence-electron chi connectivity index (χ4n) is 0.873. The Hall–Kier alpha value is -1.44. The average molecular weight is 148 g/mol. The molecule has 0 bridgehead atoms. The minimum absolute atomic E-state index is 1.09. The van der Waals surface area contributed by atoms with Crippen LogP contribution in [0.15, 0.2) is 36.7 Å². The summed E-state index contributed by atoms with van der Waals surface area (Å²) in [6.45, 7) is 2.05. The number of nitrogens with two attached hydrogens (primary N) is 1. The fraction of sp³-hybridized carbons (Fsp3) is 0.111. The molecule has 0 heterocycles. The Morgan fingerprint density at radius 3 is 2.73 bits per heavy atom. The van der Waals surface area contributed by atoms with E-state index in [4.69, 9.17) is 5.73 Å². The van der Waals surface area contributed by atoms with Crippen molar-refractivity contribution < 1.29 is 0 Å². The molecule has 2 heteroatoms. The van der Waals surface area contributed by atoms with E-state index in [0.29, 0.717) is 0 Å². The Bertz CT molecular complexity index is 253. The van der Waals surface area contributed by atoms with Crippen LogP contribution in [0, 0.1) is 6.92 Å². The van der Waals surface area contributed by atoms with Gasteiger partial charge in [-0.2, -0.15) is 0 Å². The van der Waals surface area contributed by atoms with Gasteiger partial charge in [0.1, 0.15) is 0 Å². The maximum atomic E-state index is 5.18. The fourth-order valence-corrected chi connectivity index (χ4v) is 0.873. The predicted octanol–water partition coefficient (Wildman–Crippen LogP) is 1.84. The molecule has 0 unspecified atom stereocenters. The first kappa shape index (κ1) is 7.66. The van der Waals surface area contributed by atoms with Crippen molar-refractivity contribution in [3.05, 3.63) is 42.2 Å². The van der Waals surface area contributed by atoms with Crippen LogP contribution in [0.25, 0.3) is 0 Å². The maximum absolute atomic E-state index is 5.18. The van der Waals surface area contributed by atoms with Gasteiger partial charge in [0.25, 0.3) is 0 Å². The number of para-hydroxylation sites is 1. The first-order chi connectivity index (χ1) is 5.34. The molecule has 0 aliphatic rings. The lowest BCUT2D eigenvalue weighted by Crippen LogP contribution is -1.91. The molecule has 0 atom stereocenters. The van der Waals surface area contributed by atoms with Crippen molar-refractivity contribution in [3.63, 3.8) is 0 Å². The SMILES string of the molecule is Cc1ccccc1N/C=C\N. The van der Waals surface area contributed by atoms with Crippen molar-refractivity contribution in [2.45, 2.75) is 6.92 Å². The third kappa shape index (κ3) is 2.00. The van der Waals surface area contributed by atoms with Gasteiger partial charge in [0, 0.05) is 18.1 Å². The van der Waals surface area contributed by atoms with Crippen molar-refractivity contribution in [2.24, 2.45) is 5.73 Å². The molecular weight excluding hydrogens is 136 g/mol. The van der Waals surface area contributed by atoms with Crippen LogP contribution in [-0.2, 0) is 0 Å². The molecule has 0 aromatic heterocycles. The first-order valence-corrected chi connectivity index (χ1v) is 3.53. The van der Waals surface area contributed by atoms with Crippen LogP contribution in [0.3, 0.4) is 0 Å². The summed E-state index contributed by atoms with van der Waals surface area (Å²) in [5.41, 5.74) is 7.49. The molecule has 0 aliphatic carbocycles. The van der Waals surface area contributed by atoms with Crippen molar-refractivity contribution in [1.29, 1.82) is 0 Å². The van der Waals surface area contributed by atoms with Gasteiger partial charge in [0.2, 0.25) is 0 Å². The van der Waals surface area contributed by atoms with Gasteiger partial charge in [0.05, 0.1) is 0 Å². The Morgan fingerprint density at radius 1 is 1.36 bits per heavy atom. The number of hydrogen-bond donors (Lipinski definition) is 2. The van der Waals surface area contributed by atoms with E-state index in [9.17, 15) is 0 Å². The summed E-state index contributed by atoms with van der Waals surface area (Å²) in [6.07, 6.45) is 3.19. The van der Waals surface area contributed by atoms with E-state index in [2.05, 4.69) is 5.32 Å². The van der Waals surface area contributed by atoms with Crippen molar-refractivity contribution in [3.8, 4) is 0 Å². The Morgan fingerprint density at radius 2 is 2.09 bits per heavy atom. The second-order valence-corrected chi connectivity index (χ2v) is 2.32. The molecule has 11 heavy (non-hydrogen) atoms. The topological polar surface area (TPSA) is 38.0 Å². The molecule has 0 amide bonds. The van der Waals surface area contributed by atoms with E-state index in [0.717, 1.165) is 5.69 Å². The van der Waals surface area contributed by atoms with E-state index >= 15 is 0 Å². The molecule has 1 aromatic carbocycles. The van der Waals surface area contributed by atoms with Crippen molar-refractivity contribution >= 4 is 5.69 Å². The zero-order valence-corrected chi connectivity index (χ0v) is 6.54. The van der Waals surface area contributed by atoms with Gasteiger partial charge in [-0.15, -0.1) is 0 Å². The minimum Gasteiger partial charge on any atom is -0.403 e. The number of aryl methyl sites for hydroxylation is 1. The maximum Gasteiger partial charge on any atom is 0.0409 e. The molecule has 0 saturated carbocycles. The van der Waals surface area contributed by atoms with E-state index in [1.807, 2.05) is 31.2 Å². The van der Waals surface area contributed by atoms with Crippen molar-refractivity contribution in [1.82, 2.24) is 0 Å². The molecule has 1 rings (SSSR count). The first-order valence-electron chi connectivity index (χ1n) is 3.53. The lowest BCUT2D eigenvalue weighted by Gasteiger charge is -2.02. The highest BCUT2D eigenvalue weighted by molar-refractivity contribution is 5.51. The Kier molecular flexibility index (Phi) is 2.55. The van der Waals surface area contributed by atoms with Crippen molar-refractivity contribution in [2.75, 3.05) is 5.32 Å². The molecule has 3 N–H and O–H groups in total. The van der Waals surface area contributed by atoms with Crippen LogP contribution < -0.4 is 11.1 Å². The van der Waals surface area contributed by atoms with E-state index in [-0.39, 0.29) is 0 Å². The molecule has 58 valence electrons. The third-order valence-corrected chi connectivity index (χ3v) is 1.48. The second-order valence-electron chi connectivity index (χ2n) is 2.32. The van der Waals surface area contributed by atoms with Gasteiger partial charge in [-0.05, 0) is 18.6 Å². The quantitative estimate of drug-likeness (QED) is 0.671. The number of nitrogens with one attached hydrogen (secondary N) is 1. The molecular formula is C9H12N2. The Labute approximate surface area is 66.7 Å². The molecule has 0 spiro atoms. The standard InChI is InChI=1S/C9H12N2/c1-8-4-2-3-5-9(8)11-7-6-10/h2-7,11H,10H2,1H3/b7-6-. The zero-order valence-electron chi connectivity index (χ0n) is 6.54. The number of rotatable bonds is 2. The molecule has 1 aromatic rings. The number of benzene rings is 1. The monoisotopic (exact) mass is 148 g/mol. The zero-order chi connectivity index (χ0) is 8.10. The molecule has 0 saturated heterocycles. The number of hydrogen-bond acceptors (Lipinski definition) is 2. The lowest BCUT2D eigenvalue weighted by atomic mass is 10.2. The van der Waals surface area contributed by atoms with Gasteiger partial charge < -0.3 is 11.1 Å². The highest BCUT2D eigenvalue weighted by Crippen LogP contribution is 2.12. The molecule has 0 radical (unpaired) electrons. The summed E-state index contributed by atoms with van der Waals surface area (Å²) < 4.78 is 0. The van der Waals surface area contributed by atoms with Crippen LogP contribution in [0.5, 0.6) is 0 Å². The van der Waals surface area contributed by atoms with Gasteiger partial charge in [-0.3, -0.25) is 0 Å². The highest BCUT2D eigenvalue weighted by atomic mass is 14.8. The smallest absolute Gasteiger partial charge is 0.0409 e. The molecule has 2 nitrogen and oxygen atoms in total. The van der Waals surface area contributed by atoms with Gasteiger partial charge in [-0.1, -0.05) is 18.2 Å². The van der Waals surface area contributed by atoms with Crippen LogP contribution >= 0.6 is 0 Å². The minimum atomic E-state index is 1.09. The van der Waals surface area contributed by atoms with Gasteiger partial charge in [-0.25, -0.2) is 0 Å². The predicted molar refractivity (Wildman–Crippen MR) is 48.1 cm³/mol. The molecule has 0 fully saturated rings. The third-order valence-electron chi connectivity index (χ3n) is 1.48. The summed E-state index contributed by atoms with van der Waals surface area (Å²) in [4.78, 5) is 0. The summed E-state index contributed by atoms with van der Waals surface area (Å²) in [5, 5.41) is 3.06. The van der Waals surface area contributed by atoms with Crippen LogP contribution in [-0.4, -0.2) is 0 Å². The van der Waals surface area contributed by atoms with Gasteiger partial charge in [0.15, 0.2) is 0 Å². The van der Waals surface area contributed by atoms with Crippen LogP contribution in [0.4, 0.5) is 5.69 Å². The summed E-state index contributed by atoms with van der Waals surface area (Å²) in [6, 6.07) is 8.05. The number of anilines is 1. The van der Waals surface area contributed by atoms with Crippen LogP contribution in [0.1, 0.15) is 5.56 Å². The van der Waals surface area contributed by atoms with Crippen LogP contribution in [0.2, 0.25) is 0 Å².